The summed E-state index contributed by atoms with van der Waals surface area (Å²) in [5.41, 5.74) is 18.6. The minimum absolute atomic E-state index is 0.478. The molecule has 0 aliphatic carbocycles. The minimum atomic E-state index is 0.478. The van der Waals surface area contributed by atoms with Gasteiger partial charge >= 0.3 is 0 Å². The summed E-state index contributed by atoms with van der Waals surface area (Å²) in [6.07, 6.45) is 3.75. The van der Waals surface area contributed by atoms with Crippen molar-refractivity contribution >= 4 is 55.0 Å². The Hall–Kier alpha value is -12.9. The molecule has 0 unspecified atom stereocenters. The van der Waals surface area contributed by atoms with Crippen LogP contribution in [0.5, 0.6) is 0 Å². The monoisotopic (exact) mass is 1120 g/mol. The normalized spacial score (nSPS) is 11.1. The summed E-state index contributed by atoms with van der Waals surface area (Å²) in [5, 5.41) is 24.5. The van der Waals surface area contributed by atoms with Gasteiger partial charge in [-0.2, -0.15) is 10.5 Å². The van der Waals surface area contributed by atoms with Crippen LogP contribution < -0.4 is 0 Å². The molecule has 88 heavy (non-hydrogen) atoms. The van der Waals surface area contributed by atoms with E-state index in [1.54, 1.807) is 0 Å². The van der Waals surface area contributed by atoms with E-state index in [0.717, 1.165) is 127 Å². The third-order valence-corrected chi connectivity index (χ3v) is 16.4. The van der Waals surface area contributed by atoms with Crippen molar-refractivity contribution < 1.29 is 0 Å². The van der Waals surface area contributed by atoms with Gasteiger partial charge in [0.25, 0.3) is 0 Å². The van der Waals surface area contributed by atoms with Crippen molar-refractivity contribution in [3.8, 4) is 113 Å². The molecule has 0 bridgehead atoms. The Balaban J connectivity index is 1.03. The molecule has 0 atom stereocenters. The van der Waals surface area contributed by atoms with Gasteiger partial charge in [-0.15, -0.1) is 0 Å². The number of rotatable bonds is 10. The van der Waals surface area contributed by atoms with Crippen molar-refractivity contribution in [2.24, 2.45) is 0 Å². The first-order valence-corrected chi connectivity index (χ1v) is 28.5. The fourth-order valence-electron chi connectivity index (χ4n) is 12.3. The van der Waals surface area contributed by atoms with Gasteiger partial charge in [0.15, 0.2) is 28.8 Å². The van der Waals surface area contributed by atoms with Crippen molar-refractivity contribution in [2.75, 3.05) is 0 Å². The summed E-state index contributed by atoms with van der Waals surface area (Å²) in [4.78, 5) is 28.3. The van der Waals surface area contributed by atoms with Crippen LogP contribution in [-0.2, 0) is 0 Å². The molecule has 4 heterocycles. The molecule has 11 aromatic carbocycles. The van der Waals surface area contributed by atoms with Crippen LogP contribution in [0, 0.1) is 35.8 Å². The molecule has 0 amide bonds. The lowest BCUT2D eigenvalue weighted by Crippen LogP contribution is -2.04. The molecule has 10 nitrogen and oxygen atoms in total. The number of aromatic nitrogens is 6. The van der Waals surface area contributed by atoms with Crippen molar-refractivity contribution in [1.82, 2.24) is 29.1 Å². The quantitative estimate of drug-likeness (QED) is 0.126. The highest BCUT2D eigenvalue weighted by Crippen LogP contribution is 2.46. The molecule has 15 aromatic rings. The van der Waals surface area contributed by atoms with E-state index in [1.807, 2.05) is 170 Å². The van der Waals surface area contributed by atoms with Crippen LogP contribution >= 0.6 is 0 Å². The predicted octanol–water partition coefficient (Wildman–Crippen LogP) is 19.6. The van der Waals surface area contributed by atoms with Gasteiger partial charge < -0.3 is 9.13 Å². The molecule has 0 saturated carbocycles. The molecule has 0 N–H and O–H groups in total. The molecule has 10 heteroatoms. The number of benzene rings is 11. The highest BCUT2D eigenvalue weighted by Gasteiger charge is 2.25. The molecule has 4 aromatic heterocycles. The van der Waals surface area contributed by atoms with Gasteiger partial charge in [-0.3, -0.25) is 4.98 Å². The van der Waals surface area contributed by atoms with Crippen LogP contribution in [0.25, 0.3) is 154 Å². The molecule has 15 rings (SSSR count). The fourth-order valence-corrected chi connectivity index (χ4v) is 12.3. The summed E-state index contributed by atoms with van der Waals surface area (Å²) >= 11 is 0. The summed E-state index contributed by atoms with van der Waals surface area (Å²) in [6.45, 7) is 16.3. The molecule has 0 aliphatic heterocycles. The van der Waals surface area contributed by atoms with Crippen molar-refractivity contribution in [3.63, 3.8) is 0 Å². The number of hydrogen-bond acceptors (Lipinski definition) is 6. The first-order chi connectivity index (χ1) is 43.5. The average Bonchev–Trinajstić information content (AvgIpc) is 1.61. The van der Waals surface area contributed by atoms with Gasteiger partial charge in [0.1, 0.15) is 0 Å². The van der Waals surface area contributed by atoms with E-state index in [4.69, 9.17) is 33.1 Å². The smallest absolute Gasteiger partial charge is 0.194 e. The van der Waals surface area contributed by atoms with E-state index < -0.39 is 0 Å². The lowest BCUT2D eigenvalue weighted by Gasteiger charge is -2.19. The topological polar surface area (TPSA) is 118 Å². The van der Waals surface area contributed by atoms with Crippen LogP contribution in [0.1, 0.15) is 11.1 Å². The molecular weight excluding hydrogens is 1080 g/mol. The average molecular weight is 1120 g/mol. The lowest BCUT2D eigenvalue weighted by molar-refractivity contribution is 1.07. The number of pyridine rings is 1. The minimum Gasteiger partial charge on any atom is -0.309 e. The van der Waals surface area contributed by atoms with Crippen LogP contribution in [-0.4, -0.2) is 29.1 Å². The zero-order chi connectivity index (χ0) is 59.2. The third-order valence-electron chi connectivity index (χ3n) is 16.4. The van der Waals surface area contributed by atoms with Gasteiger partial charge in [0, 0.05) is 61.8 Å². The second-order valence-corrected chi connectivity index (χ2v) is 21.3. The second kappa shape index (κ2) is 21.7. The number of nitriles is 2. The van der Waals surface area contributed by atoms with E-state index >= 15 is 0 Å². The van der Waals surface area contributed by atoms with E-state index in [9.17, 15) is 10.5 Å². The number of hydrogen-bond donors (Lipinski definition) is 0. The second-order valence-electron chi connectivity index (χ2n) is 21.3. The fraction of sp³-hybridized carbons (Fsp3) is 0. The van der Waals surface area contributed by atoms with Crippen molar-refractivity contribution in [3.05, 3.63) is 301 Å². The van der Waals surface area contributed by atoms with Crippen LogP contribution in [0.4, 0.5) is 11.4 Å². The number of para-hydroxylation sites is 2. The van der Waals surface area contributed by atoms with Crippen molar-refractivity contribution in [2.45, 2.75) is 0 Å². The summed E-state index contributed by atoms with van der Waals surface area (Å²) in [7, 11) is 0. The lowest BCUT2D eigenvalue weighted by atomic mass is 9.97. The number of fused-ring (bicyclic) bond motifs is 6. The molecular formula is C78H44N10. The highest BCUT2D eigenvalue weighted by atomic mass is 15.0. The Bertz CT molecular complexity index is 5230. The summed E-state index contributed by atoms with van der Waals surface area (Å²) < 4.78 is 4.59. The predicted molar refractivity (Wildman–Crippen MR) is 352 cm³/mol. The zero-order valence-electron chi connectivity index (χ0n) is 46.9. The maximum Gasteiger partial charge on any atom is 0.194 e. The Labute approximate surface area is 506 Å². The Morgan fingerprint density at radius 3 is 1.11 bits per heavy atom. The molecule has 0 saturated heterocycles. The summed E-state index contributed by atoms with van der Waals surface area (Å²) in [6, 6.07) is 89.4. The van der Waals surface area contributed by atoms with Gasteiger partial charge in [-0.05, 0) is 129 Å². The highest BCUT2D eigenvalue weighted by molar-refractivity contribution is 6.14. The Morgan fingerprint density at radius 1 is 0.318 bits per heavy atom. The van der Waals surface area contributed by atoms with Gasteiger partial charge in [-0.1, -0.05) is 170 Å². The standard InChI is InChI=1S/C78H44N10/c1-81-68-27-15-13-25-60(68)53-31-36-71-64(43-53)62-41-51(58-23-11-9-21-56(58)46-79)29-34-70(62)87(71)74-38-33-55(78-85-76(49-17-5-3-6-18-49)84-77(86-78)50-19-7-4-8-20-50)45-66(74)67-48-83-40-39-75(67)88-72-35-30-52(59-24-12-10-22-57(59)47-80)42-63(72)65-44-54(32-37-73(65)88)61-26-14-16-28-69(61)82-2/h3-45,48H. The van der Waals surface area contributed by atoms with Crippen LogP contribution in [0.15, 0.2) is 267 Å². The van der Waals surface area contributed by atoms with Gasteiger partial charge in [-0.25, -0.2) is 24.6 Å². The molecule has 0 aliphatic rings. The van der Waals surface area contributed by atoms with E-state index in [-0.39, 0.29) is 0 Å². The first kappa shape index (κ1) is 52.0. The SMILES string of the molecule is [C-]#[N+]c1ccccc1-c1ccc2c(c1)c1cc(-c3ccccc3C#N)ccc1n2-c1ccncc1-c1cc(-c2nc(-c3ccccc3)nc(-c3ccccc3)n2)ccc1-n1c2ccc(-c3ccccc3C#N)cc2c2cc(-c3ccccc3[N+]#[C-])ccc21. The third kappa shape index (κ3) is 8.87. The number of nitrogens with zero attached hydrogens (tertiary/aromatic N) is 10. The van der Waals surface area contributed by atoms with Gasteiger partial charge in [0.05, 0.1) is 69.9 Å². The molecule has 0 radical (unpaired) electrons. The van der Waals surface area contributed by atoms with E-state index in [0.29, 0.717) is 40.0 Å². The molecule has 0 fully saturated rings. The first-order valence-electron chi connectivity index (χ1n) is 28.5. The maximum absolute atomic E-state index is 10.4. The molecule has 406 valence electrons. The zero-order valence-corrected chi connectivity index (χ0v) is 46.9. The molecule has 0 spiro atoms. The van der Waals surface area contributed by atoms with E-state index in [1.165, 1.54) is 0 Å². The van der Waals surface area contributed by atoms with Crippen molar-refractivity contribution in [1.29, 1.82) is 10.5 Å². The van der Waals surface area contributed by atoms with E-state index in [2.05, 4.69) is 128 Å². The Morgan fingerprint density at radius 2 is 0.682 bits per heavy atom. The van der Waals surface area contributed by atoms with Crippen LogP contribution in [0.3, 0.4) is 0 Å². The van der Waals surface area contributed by atoms with Crippen LogP contribution in [0.2, 0.25) is 0 Å². The maximum atomic E-state index is 10.4. The largest absolute Gasteiger partial charge is 0.309 e. The van der Waals surface area contributed by atoms with Gasteiger partial charge in [0.2, 0.25) is 0 Å². The Kier molecular flexibility index (Phi) is 12.8. The summed E-state index contributed by atoms with van der Waals surface area (Å²) in [5.74, 6) is 1.54.